The third-order valence-electron chi connectivity index (χ3n) is 7.55. The van der Waals surface area contributed by atoms with E-state index >= 15 is 0 Å². The Morgan fingerprint density at radius 3 is 3.04 bits per heavy atom. The van der Waals surface area contributed by atoms with Crippen LogP contribution in [0.15, 0.2) is 24.5 Å². The second-order valence-corrected chi connectivity index (χ2v) is 9.06. The van der Waals surface area contributed by atoms with Gasteiger partial charge in [0.1, 0.15) is 0 Å². The van der Waals surface area contributed by atoms with Gasteiger partial charge in [-0.25, -0.2) is 0 Å². The normalized spacial score (nSPS) is 35.6. The van der Waals surface area contributed by atoms with Crippen LogP contribution in [-0.2, 0) is 16.0 Å². The minimum absolute atomic E-state index is 0.0956. The number of aromatic nitrogens is 1. The summed E-state index contributed by atoms with van der Waals surface area (Å²) in [7, 11) is 0. The van der Waals surface area contributed by atoms with Gasteiger partial charge < -0.3 is 10.1 Å². The summed E-state index contributed by atoms with van der Waals surface area (Å²) in [6.07, 6.45) is 13.2. The number of carbonyl (C=O) groups is 1. The zero-order valence-corrected chi connectivity index (χ0v) is 16.1. The first-order chi connectivity index (χ1) is 13.2. The van der Waals surface area contributed by atoms with Crippen LogP contribution in [0.4, 0.5) is 0 Å². The van der Waals surface area contributed by atoms with E-state index in [0.717, 1.165) is 31.1 Å². The highest BCUT2D eigenvalue weighted by Gasteiger charge is 2.63. The summed E-state index contributed by atoms with van der Waals surface area (Å²) in [6.45, 7) is 3.09. The van der Waals surface area contributed by atoms with Crippen molar-refractivity contribution in [2.75, 3.05) is 19.6 Å². The molecule has 1 aliphatic carbocycles. The lowest BCUT2D eigenvalue weighted by Crippen LogP contribution is -2.41. The van der Waals surface area contributed by atoms with Crippen LogP contribution in [0.3, 0.4) is 0 Å². The van der Waals surface area contributed by atoms with Crippen LogP contribution < -0.4 is 5.32 Å². The summed E-state index contributed by atoms with van der Waals surface area (Å²) in [4.78, 5) is 19.2. The number of nitrogens with zero attached hydrogens (tertiary/aromatic N) is 2. The molecule has 3 saturated heterocycles. The lowest BCUT2D eigenvalue weighted by Gasteiger charge is -2.29. The number of carbonyl (C=O) groups excluding carboxylic acids is 1. The number of pyridine rings is 1. The Morgan fingerprint density at radius 2 is 2.22 bits per heavy atom. The number of rotatable bonds is 6. The quantitative estimate of drug-likeness (QED) is 0.837. The second-order valence-electron chi connectivity index (χ2n) is 9.06. The topological polar surface area (TPSA) is 54.5 Å². The predicted molar refractivity (Wildman–Crippen MR) is 103 cm³/mol. The van der Waals surface area contributed by atoms with E-state index in [1.165, 1.54) is 45.1 Å². The van der Waals surface area contributed by atoms with E-state index in [-0.39, 0.29) is 11.5 Å². The van der Waals surface area contributed by atoms with Crippen molar-refractivity contribution in [3.63, 3.8) is 0 Å². The molecular formula is C22H31N3O2. The molecule has 0 unspecified atom stereocenters. The van der Waals surface area contributed by atoms with Gasteiger partial charge >= 0.3 is 0 Å². The Balaban J connectivity index is 1.16. The van der Waals surface area contributed by atoms with Crippen molar-refractivity contribution in [1.82, 2.24) is 15.2 Å². The van der Waals surface area contributed by atoms with Crippen LogP contribution in [0.2, 0.25) is 0 Å². The summed E-state index contributed by atoms with van der Waals surface area (Å²) in [5.74, 6) is 1.25. The molecule has 5 nitrogen and oxygen atoms in total. The van der Waals surface area contributed by atoms with Gasteiger partial charge in [0.25, 0.3) is 0 Å². The molecule has 1 saturated carbocycles. The SMILES string of the molecule is O=C(CCc1cccnc1)NC[C@H]1[C@H]2CN(C3CCCC3)C[C@]23CC[C@H]1O3. The van der Waals surface area contributed by atoms with Crippen LogP contribution in [0.25, 0.3) is 0 Å². The van der Waals surface area contributed by atoms with Crippen LogP contribution in [-0.4, -0.2) is 53.2 Å². The fourth-order valence-corrected chi connectivity index (χ4v) is 6.17. The van der Waals surface area contributed by atoms with Gasteiger partial charge in [0.05, 0.1) is 11.7 Å². The Kier molecular flexibility index (Phi) is 4.68. The van der Waals surface area contributed by atoms with Crippen LogP contribution in [0.5, 0.6) is 0 Å². The van der Waals surface area contributed by atoms with Gasteiger partial charge in [0, 0.05) is 56.3 Å². The average Bonchev–Trinajstić information content (AvgIpc) is 3.45. The summed E-state index contributed by atoms with van der Waals surface area (Å²) < 4.78 is 6.55. The fourth-order valence-electron chi connectivity index (χ4n) is 6.17. The van der Waals surface area contributed by atoms with Crippen molar-refractivity contribution >= 4 is 5.91 Å². The Hall–Kier alpha value is -1.46. The molecule has 27 heavy (non-hydrogen) atoms. The van der Waals surface area contributed by atoms with E-state index in [1.807, 2.05) is 18.3 Å². The molecule has 2 bridgehead atoms. The second kappa shape index (κ2) is 7.17. The van der Waals surface area contributed by atoms with E-state index in [2.05, 4.69) is 15.2 Å². The fraction of sp³-hybridized carbons (Fsp3) is 0.727. The first kappa shape index (κ1) is 17.6. The zero-order valence-electron chi connectivity index (χ0n) is 16.1. The molecule has 1 amide bonds. The van der Waals surface area contributed by atoms with Gasteiger partial charge in [-0.1, -0.05) is 18.9 Å². The van der Waals surface area contributed by atoms with Gasteiger partial charge in [0.15, 0.2) is 0 Å². The standard InChI is InChI=1S/C22H31N3O2/c26-21(8-7-16-4-3-11-23-12-16)24-13-18-19-14-25(17-5-1-2-6-17)15-22(19)10-9-20(18)27-22/h3-4,11-12,17-20H,1-2,5-10,13-15H2,(H,24,26)/t18-,19+,20+,22+/m0/s1. The molecular weight excluding hydrogens is 338 g/mol. The molecule has 0 radical (unpaired) electrons. The summed E-state index contributed by atoms with van der Waals surface area (Å²) in [6, 6.07) is 4.74. The Labute approximate surface area is 161 Å². The number of nitrogens with one attached hydrogen (secondary N) is 1. The number of hydrogen-bond acceptors (Lipinski definition) is 4. The minimum atomic E-state index is 0.0956. The number of likely N-dealkylation sites (tertiary alicyclic amines) is 1. The molecule has 1 aromatic rings. The van der Waals surface area contributed by atoms with Crippen molar-refractivity contribution in [3.05, 3.63) is 30.1 Å². The highest BCUT2D eigenvalue weighted by molar-refractivity contribution is 5.76. The minimum Gasteiger partial charge on any atom is -0.370 e. The van der Waals surface area contributed by atoms with E-state index in [9.17, 15) is 4.79 Å². The molecule has 0 aromatic carbocycles. The van der Waals surface area contributed by atoms with Gasteiger partial charge in [-0.3, -0.25) is 14.7 Å². The van der Waals surface area contributed by atoms with Crippen molar-refractivity contribution < 1.29 is 9.53 Å². The zero-order chi connectivity index (χ0) is 18.3. The maximum Gasteiger partial charge on any atom is 0.220 e. The monoisotopic (exact) mass is 369 g/mol. The lowest BCUT2D eigenvalue weighted by molar-refractivity contribution is -0.121. The molecule has 4 aliphatic rings. The first-order valence-corrected chi connectivity index (χ1v) is 10.8. The van der Waals surface area contributed by atoms with E-state index in [1.54, 1.807) is 6.20 Å². The third kappa shape index (κ3) is 3.29. The van der Waals surface area contributed by atoms with Crippen molar-refractivity contribution in [2.24, 2.45) is 11.8 Å². The number of fused-ring (bicyclic) bond motifs is 1. The molecule has 1 spiro atoms. The van der Waals surface area contributed by atoms with E-state index < -0.39 is 0 Å². The smallest absolute Gasteiger partial charge is 0.220 e. The third-order valence-corrected chi connectivity index (χ3v) is 7.55. The molecule has 5 rings (SSSR count). The number of ether oxygens (including phenoxy) is 1. The highest BCUT2D eigenvalue weighted by atomic mass is 16.5. The van der Waals surface area contributed by atoms with Gasteiger partial charge in [-0.15, -0.1) is 0 Å². The molecule has 1 N–H and O–H groups in total. The van der Waals surface area contributed by atoms with Crippen molar-refractivity contribution in [3.8, 4) is 0 Å². The maximum atomic E-state index is 12.4. The highest BCUT2D eigenvalue weighted by Crippen LogP contribution is 2.55. The largest absolute Gasteiger partial charge is 0.370 e. The summed E-state index contributed by atoms with van der Waals surface area (Å²) in [5, 5.41) is 3.22. The molecule has 146 valence electrons. The lowest BCUT2D eigenvalue weighted by atomic mass is 9.73. The maximum absolute atomic E-state index is 12.4. The number of amides is 1. The summed E-state index contributed by atoms with van der Waals surface area (Å²) in [5.41, 5.74) is 1.22. The Bertz CT molecular complexity index is 675. The number of aryl methyl sites for hydroxylation is 1. The van der Waals surface area contributed by atoms with E-state index in [4.69, 9.17) is 4.74 Å². The van der Waals surface area contributed by atoms with E-state index in [0.29, 0.717) is 24.4 Å². The van der Waals surface area contributed by atoms with Crippen molar-refractivity contribution in [2.45, 2.75) is 69.1 Å². The average molecular weight is 370 g/mol. The number of hydrogen-bond donors (Lipinski definition) is 1. The molecule has 1 aromatic heterocycles. The molecule has 4 heterocycles. The first-order valence-electron chi connectivity index (χ1n) is 10.8. The van der Waals surface area contributed by atoms with Gasteiger partial charge in [-0.2, -0.15) is 0 Å². The Morgan fingerprint density at radius 1 is 1.33 bits per heavy atom. The molecule has 4 atom stereocenters. The van der Waals surface area contributed by atoms with Gasteiger partial charge in [0.2, 0.25) is 5.91 Å². The molecule has 3 aliphatic heterocycles. The van der Waals surface area contributed by atoms with Crippen LogP contribution in [0, 0.1) is 11.8 Å². The van der Waals surface area contributed by atoms with Crippen LogP contribution in [0.1, 0.15) is 50.5 Å². The van der Waals surface area contributed by atoms with Gasteiger partial charge in [-0.05, 0) is 43.7 Å². The molecule has 5 heteroatoms. The molecule has 4 fully saturated rings. The summed E-state index contributed by atoms with van der Waals surface area (Å²) >= 11 is 0. The predicted octanol–water partition coefficient (Wildman–Crippen LogP) is 2.55. The van der Waals surface area contributed by atoms with Crippen LogP contribution >= 0.6 is 0 Å². The van der Waals surface area contributed by atoms with Crippen molar-refractivity contribution in [1.29, 1.82) is 0 Å².